The summed E-state index contributed by atoms with van der Waals surface area (Å²) >= 11 is 0. The minimum atomic E-state index is -0.618. The summed E-state index contributed by atoms with van der Waals surface area (Å²) in [5.74, 6) is 1.91. The van der Waals surface area contributed by atoms with Crippen LogP contribution in [-0.4, -0.2) is 41.2 Å². The van der Waals surface area contributed by atoms with Gasteiger partial charge in [0.15, 0.2) is 0 Å². The number of aliphatic hydroxyl groups is 1. The van der Waals surface area contributed by atoms with E-state index in [2.05, 4.69) is 11.8 Å². The molecule has 1 N–H and O–H groups in total. The number of aromatic nitrogens is 1. The van der Waals surface area contributed by atoms with Gasteiger partial charge < -0.3 is 9.84 Å². The van der Waals surface area contributed by atoms with Gasteiger partial charge in [-0.15, -0.1) is 0 Å². The van der Waals surface area contributed by atoms with Gasteiger partial charge in [0.05, 0.1) is 24.4 Å². The van der Waals surface area contributed by atoms with E-state index >= 15 is 0 Å². The smallest absolute Gasteiger partial charge is 0.123 e. The molecule has 0 saturated carbocycles. The number of benzene rings is 2. The van der Waals surface area contributed by atoms with Gasteiger partial charge in [0.25, 0.3) is 0 Å². The maximum atomic E-state index is 13.7. The van der Waals surface area contributed by atoms with Crippen molar-refractivity contribution in [2.45, 2.75) is 45.3 Å². The zero-order valence-electron chi connectivity index (χ0n) is 19.0. The van der Waals surface area contributed by atoms with E-state index in [-0.39, 0.29) is 11.9 Å². The Labute approximate surface area is 189 Å². The molecule has 2 bridgehead atoms. The second-order valence-corrected chi connectivity index (χ2v) is 9.40. The van der Waals surface area contributed by atoms with Crippen molar-refractivity contribution in [1.82, 2.24) is 9.88 Å². The fraction of sp³-hybridized carbons (Fsp3) is 0.444. The first-order chi connectivity index (χ1) is 15.5. The molecule has 5 heteroatoms. The molecule has 32 heavy (non-hydrogen) atoms. The van der Waals surface area contributed by atoms with Gasteiger partial charge in [-0.1, -0.05) is 13.3 Å². The quantitative estimate of drug-likeness (QED) is 0.575. The van der Waals surface area contributed by atoms with Crippen LogP contribution in [0.5, 0.6) is 5.75 Å². The second kappa shape index (κ2) is 8.45. The van der Waals surface area contributed by atoms with Gasteiger partial charge in [0.1, 0.15) is 11.6 Å². The van der Waals surface area contributed by atoms with Crippen LogP contribution >= 0.6 is 0 Å². The highest BCUT2D eigenvalue weighted by molar-refractivity contribution is 5.87. The summed E-state index contributed by atoms with van der Waals surface area (Å²) < 4.78 is 19.2. The van der Waals surface area contributed by atoms with Crippen LogP contribution in [0.25, 0.3) is 22.2 Å². The van der Waals surface area contributed by atoms with E-state index in [9.17, 15) is 9.50 Å². The summed E-state index contributed by atoms with van der Waals surface area (Å²) in [5, 5.41) is 12.6. The predicted molar refractivity (Wildman–Crippen MR) is 125 cm³/mol. The molecule has 4 nitrogen and oxygen atoms in total. The Morgan fingerprint density at radius 1 is 1.22 bits per heavy atom. The number of methoxy groups -OCH3 is 1. The standard InChI is InChI=1S/C27H31FN2O2/c1-4-17-15-30-10-9-18(17)12-26(30)27(31)23-14-25(21-7-5-19(28)11-16(21)2)29-24-8-6-20(32-3)13-22(23)24/h5-8,11,13-14,17-18,26-27,31H,4,9-10,12,15H2,1-3H3/t17-,18+,26-,27+/m0/s1. The van der Waals surface area contributed by atoms with Crippen molar-refractivity contribution in [3.63, 3.8) is 0 Å². The first-order valence-corrected chi connectivity index (χ1v) is 11.7. The number of aryl methyl sites for hydroxylation is 1. The Balaban J connectivity index is 1.61. The maximum absolute atomic E-state index is 13.7. The molecule has 168 valence electrons. The van der Waals surface area contributed by atoms with E-state index < -0.39 is 6.10 Å². The van der Waals surface area contributed by atoms with Gasteiger partial charge in [-0.25, -0.2) is 9.37 Å². The van der Waals surface area contributed by atoms with E-state index in [0.717, 1.165) is 64.5 Å². The zero-order chi connectivity index (χ0) is 22.4. The number of pyridine rings is 1. The second-order valence-electron chi connectivity index (χ2n) is 9.40. The highest BCUT2D eigenvalue weighted by Gasteiger charge is 2.42. The molecule has 3 saturated heterocycles. The molecule has 1 unspecified atom stereocenters. The molecule has 2 aromatic carbocycles. The first-order valence-electron chi connectivity index (χ1n) is 11.7. The van der Waals surface area contributed by atoms with Crippen molar-refractivity contribution in [2.75, 3.05) is 20.2 Å². The summed E-state index contributed by atoms with van der Waals surface area (Å²) in [5.41, 5.74) is 4.16. The van der Waals surface area contributed by atoms with E-state index in [1.54, 1.807) is 13.2 Å². The van der Waals surface area contributed by atoms with E-state index in [4.69, 9.17) is 9.72 Å². The normalized spacial score (nSPS) is 25.8. The third-order valence-electron chi connectivity index (χ3n) is 7.66. The number of piperidine rings is 3. The van der Waals surface area contributed by atoms with Crippen LogP contribution in [0.1, 0.15) is 43.4 Å². The number of nitrogens with zero attached hydrogens (tertiary/aromatic N) is 2. The van der Waals surface area contributed by atoms with Gasteiger partial charge in [0.2, 0.25) is 0 Å². The lowest BCUT2D eigenvalue weighted by Gasteiger charge is -2.51. The van der Waals surface area contributed by atoms with E-state index in [1.807, 2.05) is 31.2 Å². The number of hydrogen-bond donors (Lipinski definition) is 1. The highest BCUT2D eigenvalue weighted by atomic mass is 19.1. The predicted octanol–water partition coefficient (Wildman–Crippen LogP) is 5.51. The van der Waals surface area contributed by atoms with Crippen LogP contribution in [0.3, 0.4) is 0 Å². The Bertz CT molecular complexity index is 1150. The van der Waals surface area contributed by atoms with Crippen LogP contribution in [0.4, 0.5) is 4.39 Å². The van der Waals surface area contributed by atoms with Crippen molar-refractivity contribution in [1.29, 1.82) is 0 Å². The lowest BCUT2D eigenvalue weighted by Crippen LogP contribution is -2.55. The summed E-state index contributed by atoms with van der Waals surface area (Å²) in [4.78, 5) is 7.35. The molecular weight excluding hydrogens is 403 g/mol. The third kappa shape index (κ3) is 3.67. The Morgan fingerprint density at radius 2 is 2.06 bits per heavy atom. The Kier molecular flexibility index (Phi) is 5.64. The average Bonchev–Trinajstić information content (AvgIpc) is 2.82. The van der Waals surface area contributed by atoms with Gasteiger partial charge in [-0.05, 0) is 91.7 Å². The highest BCUT2D eigenvalue weighted by Crippen LogP contribution is 2.43. The van der Waals surface area contributed by atoms with E-state index in [1.165, 1.54) is 25.0 Å². The summed E-state index contributed by atoms with van der Waals surface area (Å²) in [7, 11) is 1.65. The summed E-state index contributed by atoms with van der Waals surface area (Å²) in [6.45, 7) is 6.29. The molecule has 5 atom stereocenters. The molecule has 0 amide bonds. The number of aliphatic hydroxyl groups excluding tert-OH is 1. The fourth-order valence-electron chi connectivity index (χ4n) is 5.83. The van der Waals surface area contributed by atoms with Gasteiger partial charge in [-0.2, -0.15) is 0 Å². The average molecular weight is 435 g/mol. The molecular formula is C27H31FN2O2. The van der Waals surface area contributed by atoms with Crippen LogP contribution in [0.2, 0.25) is 0 Å². The fourth-order valence-corrected chi connectivity index (χ4v) is 5.83. The zero-order valence-corrected chi connectivity index (χ0v) is 19.0. The van der Waals surface area contributed by atoms with Gasteiger partial charge in [0, 0.05) is 23.5 Å². The Morgan fingerprint density at radius 3 is 2.75 bits per heavy atom. The molecule has 3 aliphatic rings. The molecule has 3 aromatic rings. The van der Waals surface area contributed by atoms with Gasteiger partial charge in [-0.3, -0.25) is 4.90 Å². The van der Waals surface area contributed by atoms with Crippen LogP contribution < -0.4 is 4.74 Å². The molecule has 1 aromatic heterocycles. The van der Waals surface area contributed by atoms with Crippen LogP contribution in [-0.2, 0) is 0 Å². The lowest BCUT2D eigenvalue weighted by atomic mass is 9.72. The molecule has 3 fully saturated rings. The number of hydrogen-bond acceptors (Lipinski definition) is 4. The summed E-state index contributed by atoms with van der Waals surface area (Å²) in [6.07, 6.45) is 2.84. The molecule has 6 rings (SSSR count). The SMILES string of the molecule is CC[C@H]1CN2CC[C@@H]1C[C@H]2[C@H](O)c1cc(-c2ccc(F)cc2C)nc2ccc(OC)cc12. The molecule has 4 heterocycles. The lowest BCUT2D eigenvalue weighted by molar-refractivity contribution is -0.0562. The molecule has 0 spiro atoms. The molecule has 0 aliphatic carbocycles. The minimum Gasteiger partial charge on any atom is -0.497 e. The number of fused-ring (bicyclic) bond motifs is 4. The number of rotatable bonds is 5. The number of ether oxygens (including phenoxy) is 1. The molecule has 0 radical (unpaired) electrons. The van der Waals surface area contributed by atoms with Crippen LogP contribution in [0.15, 0.2) is 42.5 Å². The maximum Gasteiger partial charge on any atom is 0.123 e. The van der Waals surface area contributed by atoms with E-state index in [0.29, 0.717) is 5.92 Å². The van der Waals surface area contributed by atoms with Crippen molar-refractivity contribution in [3.8, 4) is 17.0 Å². The Hall–Kier alpha value is -2.50. The summed E-state index contributed by atoms with van der Waals surface area (Å²) in [6, 6.07) is 12.7. The van der Waals surface area contributed by atoms with Crippen LogP contribution in [0, 0.1) is 24.6 Å². The van der Waals surface area contributed by atoms with Crippen molar-refractivity contribution in [3.05, 3.63) is 59.4 Å². The first kappa shape index (κ1) is 21.4. The minimum absolute atomic E-state index is 0.107. The number of halogens is 1. The molecule has 3 aliphatic heterocycles. The van der Waals surface area contributed by atoms with Crippen molar-refractivity contribution in [2.24, 2.45) is 11.8 Å². The van der Waals surface area contributed by atoms with Crippen molar-refractivity contribution < 1.29 is 14.2 Å². The van der Waals surface area contributed by atoms with Crippen molar-refractivity contribution >= 4 is 10.9 Å². The topological polar surface area (TPSA) is 45.6 Å². The third-order valence-corrected chi connectivity index (χ3v) is 7.66. The largest absolute Gasteiger partial charge is 0.497 e. The van der Waals surface area contributed by atoms with Gasteiger partial charge >= 0.3 is 0 Å². The monoisotopic (exact) mass is 434 g/mol.